The fourth-order valence-electron chi connectivity index (χ4n) is 2.51. The average molecular weight is 324 g/mol. The van der Waals surface area contributed by atoms with Crippen molar-refractivity contribution in [2.45, 2.75) is 59.8 Å². The molecule has 0 heterocycles. The third-order valence-corrected chi connectivity index (χ3v) is 4.03. The monoisotopic (exact) mass is 324 g/mol. The van der Waals surface area contributed by atoms with E-state index in [0.29, 0.717) is 0 Å². The molecule has 0 N–H and O–H groups in total. The molecule has 0 aliphatic heterocycles. The van der Waals surface area contributed by atoms with Crippen LogP contribution in [0.5, 0.6) is 0 Å². The Hall–Kier alpha value is -2.05. The van der Waals surface area contributed by atoms with E-state index in [4.69, 9.17) is 4.74 Å². The number of esters is 1. The lowest BCUT2D eigenvalue weighted by molar-refractivity contribution is -0.148. The highest BCUT2D eigenvalue weighted by Crippen LogP contribution is 2.28. The topological polar surface area (TPSA) is 26.3 Å². The first kappa shape index (κ1) is 18.3. The maximum absolute atomic E-state index is 12.0. The first-order valence-electron chi connectivity index (χ1n) is 8.87. The fourth-order valence-corrected chi connectivity index (χ4v) is 2.51. The first-order chi connectivity index (χ1) is 11.4. The number of carbonyl (C=O) groups excluding carboxylic acids is 1. The third-order valence-electron chi connectivity index (χ3n) is 4.03. The van der Waals surface area contributed by atoms with Crippen LogP contribution in [-0.2, 0) is 9.53 Å². The largest absolute Gasteiger partial charge is 0.431 e. The van der Waals surface area contributed by atoms with E-state index in [1.807, 2.05) is 32.9 Å². The lowest BCUT2D eigenvalue weighted by Crippen LogP contribution is -2.22. The Morgan fingerprint density at radius 3 is 2.50 bits per heavy atom. The smallest absolute Gasteiger partial charge is 0.316 e. The molecule has 0 spiro atoms. The molecule has 2 heteroatoms. The van der Waals surface area contributed by atoms with Gasteiger partial charge in [-0.25, -0.2) is 0 Å². The molecule has 1 aliphatic rings. The minimum Gasteiger partial charge on any atom is -0.431 e. The molecule has 0 saturated heterocycles. The van der Waals surface area contributed by atoms with E-state index >= 15 is 0 Å². The number of hydrogen-bond donors (Lipinski definition) is 0. The predicted octanol–water partition coefficient (Wildman–Crippen LogP) is 6.05. The van der Waals surface area contributed by atoms with Crippen molar-refractivity contribution in [3.05, 3.63) is 59.0 Å². The summed E-state index contributed by atoms with van der Waals surface area (Å²) < 4.78 is 5.53. The van der Waals surface area contributed by atoms with Gasteiger partial charge in [-0.15, -0.1) is 5.73 Å². The standard InChI is InChI=1S/C22H28O2/c1-5-6-10-19(18-11-8-7-9-12-18)15-17-13-14-20(16-17)24-21(23)22(2,3)4/h7-9,11-12,16H,5-6,10,13-14H2,1-4H3. The van der Waals surface area contributed by atoms with Crippen LogP contribution in [0.15, 0.2) is 53.5 Å². The molecule has 24 heavy (non-hydrogen) atoms. The molecule has 0 unspecified atom stereocenters. The van der Waals surface area contributed by atoms with Crippen LogP contribution in [0.25, 0.3) is 5.57 Å². The molecule has 128 valence electrons. The van der Waals surface area contributed by atoms with Gasteiger partial charge in [0, 0.05) is 12.0 Å². The Kier molecular flexibility index (Phi) is 6.23. The highest BCUT2D eigenvalue weighted by Gasteiger charge is 2.25. The Labute approximate surface area is 145 Å². The van der Waals surface area contributed by atoms with Crippen LogP contribution >= 0.6 is 0 Å². The van der Waals surface area contributed by atoms with E-state index in [9.17, 15) is 4.79 Å². The molecule has 0 aromatic heterocycles. The molecule has 0 bridgehead atoms. The van der Waals surface area contributed by atoms with Gasteiger partial charge in [0.05, 0.1) is 5.41 Å². The summed E-state index contributed by atoms with van der Waals surface area (Å²) in [5.74, 6) is 0.591. The quantitative estimate of drug-likeness (QED) is 0.486. The summed E-state index contributed by atoms with van der Waals surface area (Å²) >= 11 is 0. The zero-order valence-electron chi connectivity index (χ0n) is 15.3. The number of ether oxygens (including phenoxy) is 1. The van der Waals surface area contributed by atoms with Gasteiger partial charge in [-0.2, -0.15) is 0 Å². The van der Waals surface area contributed by atoms with E-state index in [1.165, 1.54) is 11.1 Å². The lowest BCUT2D eigenvalue weighted by atomic mass is 9.97. The zero-order chi connectivity index (χ0) is 17.6. The third kappa shape index (κ3) is 5.25. The number of carbonyl (C=O) groups is 1. The normalized spacial score (nSPS) is 14.2. The van der Waals surface area contributed by atoms with Crippen molar-refractivity contribution in [3.63, 3.8) is 0 Å². The molecule has 0 atom stereocenters. The number of rotatable bonds is 5. The summed E-state index contributed by atoms with van der Waals surface area (Å²) in [6, 6.07) is 10.4. The summed E-state index contributed by atoms with van der Waals surface area (Å²) in [5, 5.41) is 0. The zero-order valence-corrected chi connectivity index (χ0v) is 15.3. The van der Waals surface area contributed by atoms with E-state index < -0.39 is 5.41 Å². The van der Waals surface area contributed by atoms with Gasteiger partial charge in [-0.3, -0.25) is 4.79 Å². The molecule has 1 aromatic carbocycles. The van der Waals surface area contributed by atoms with Crippen LogP contribution < -0.4 is 0 Å². The number of hydrogen-bond acceptors (Lipinski definition) is 2. The molecule has 0 amide bonds. The van der Waals surface area contributed by atoms with Gasteiger partial charge in [-0.1, -0.05) is 43.7 Å². The van der Waals surface area contributed by atoms with E-state index in [1.54, 1.807) is 0 Å². The second-order valence-electron chi connectivity index (χ2n) is 7.35. The maximum atomic E-state index is 12.0. The molecule has 0 saturated carbocycles. The van der Waals surface area contributed by atoms with Crippen LogP contribution in [0.1, 0.15) is 65.4 Å². The van der Waals surface area contributed by atoms with Crippen LogP contribution in [0, 0.1) is 5.41 Å². The molecule has 2 rings (SSSR count). The van der Waals surface area contributed by atoms with Gasteiger partial charge < -0.3 is 4.74 Å². The first-order valence-corrected chi connectivity index (χ1v) is 8.87. The molecule has 1 aliphatic carbocycles. The maximum Gasteiger partial charge on any atom is 0.316 e. The van der Waals surface area contributed by atoms with Crippen molar-refractivity contribution in [1.29, 1.82) is 0 Å². The van der Waals surface area contributed by atoms with Crippen LogP contribution in [-0.4, -0.2) is 5.97 Å². The molecule has 1 aromatic rings. The van der Waals surface area contributed by atoms with Gasteiger partial charge in [0.1, 0.15) is 5.76 Å². The van der Waals surface area contributed by atoms with Crippen LogP contribution in [0.4, 0.5) is 0 Å². The minimum atomic E-state index is -0.473. The molecule has 0 fully saturated rings. The van der Waals surface area contributed by atoms with Gasteiger partial charge in [0.25, 0.3) is 0 Å². The number of allylic oxidation sites excluding steroid dienone is 3. The SMILES string of the molecule is CCCCC(=C=C1C=C(OC(=O)C(C)(C)C)CC1)c1ccccc1. The van der Waals surface area contributed by atoms with Gasteiger partial charge in [0.2, 0.25) is 0 Å². The lowest BCUT2D eigenvalue weighted by Gasteiger charge is -2.16. The Morgan fingerprint density at radius 1 is 1.17 bits per heavy atom. The van der Waals surface area contributed by atoms with Crippen molar-refractivity contribution >= 4 is 11.5 Å². The Bertz CT molecular complexity index is 666. The van der Waals surface area contributed by atoms with Gasteiger partial charge in [0.15, 0.2) is 0 Å². The van der Waals surface area contributed by atoms with Crippen molar-refractivity contribution < 1.29 is 9.53 Å². The highest BCUT2D eigenvalue weighted by atomic mass is 16.5. The summed E-state index contributed by atoms with van der Waals surface area (Å²) in [6.07, 6.45) is 6.99. The number of benzene rings is 1. The summed E-state index contributed by atoms with van der Waals surface area (Å²) in [6.45, 7) is 7.83. The van der Waals surface area contributed by atoms with Gasteiger partial charge in [-0.05, 0) is 57.2 Å². The summed E-state index contributed by atoms with van der Waals surface area (Å²) in [5.41, 5.74) is 6.70. The van der Waals surface area contributed by atoms with Gasteiger partial charge >= 0.3 is 5.97 Å². The second kappa shape index (κ2) is 8.17. The van der Waals surface area contributed by atoms with Crippen molar-refractivity contribution in [2.24, 2.45) is 5.41 Å². The summed E-state index contributed by atoms with van der Waals surface area (Å²) in [4.78, 5) is 12.0. The minimum absolute atomic E-state index is 0.173. The van der Waals surface area contributed by atoms with Crippen LogP contribution in [0.3, 0.4) is 0 Å². The Morgan fingerprint density at radius 2 is 1.88 bits per heavy atom. The predicted molar refractivity (Wildman–Crippen MR) is 99.3 cm³/mol. The fraction of sp³-hybridized carbons (Fsp3) is 0.455. The molecule has 0 radical (unpaired) electrons. The van der Waals surface area contributed by atoms with Crippen molar-refractivity contribution in [3.8, 4) is 0 Å². The van der Waals surface area contributed by atoms with E-state index in [0.717, 1.165) is 43.4 Å². The Balaban J connectivity index is 2.25. The van der Waals surface area contributed by atoms with Crippen molar-refractivity contribution in [2.75, 3.05) is 0 Å². The molecule has 2 nitrogen and oxygen atoms in total. The van der Waals surface area contributed by atoms with Crippen LogP contribution in [0.2, 0.25) is 0 Å². The molecular weight excluding hydrogens is 296 g/mol. The average Bonchev–Trinajstić information content (AvgIpc) is 2.98. The van der Waals surface area contributed by atoms with E-state index in [2.05, 4.69) is 36.9 Å². The second-order valence-corrected chi connectivity index (χ2v) is 7.35. The van der Waals surface area contributed by atoms with Crippen molar-refractivity contribution in [1.82, 2.24) is 0 Å². The summed E-state index contributed by atoms with van der Waals surface area (Å²) in [7, 11) is 0. The molecular formula is C22H28O2. The van der Waals surface area contributed by atoms with E-state index in [-0.39, 0.29) is 5.97 Å². The number of unbranched alkanes of at least 4 members (excludes halogenated alkanes) is 1. The highest BCUT2D eigenvalue weighted by molar-refractivity contribution is 5.76.